The second-order valence-corrected chi connectivity index (χ2v) is 1.67. The summed E-state index contributed by atoms with van der Waals surface area (Å²) < 4.78 is 5.38. The molecule has 2 aromatic rings. The highest BCUT2D eigenvalue weighted by Gasteiger charge is 2.02. The zero-order valence-electron chi connectivity index (χ0n) is 5.13. The van der Waals surface area contributed by atoms with Crippen molar-refractivity contribution in [3.63, 3.8) is 0 Å². The first-order valence-electron chi connectivity index (χ1n) is 2.65. The van der Waals surface area contributed by atoms with Crippen LogP contribution in [-0.2, 0) is 0 Å². The van der Waals surface area contributed by atoms with Crippen LogP contribution in [0.5, 0.6) is 0 Å². The molecule has 0 atom stereocenters. The third-order valence-corrected chi connectivity index (χ3v) is 0.995. The van der Waals surface area contributed by atoms with Gasteiger partial charge in [0, 0.05) is 0 Å². The molecule has 2 aromatic heterocycles. The summed E-state index contributed by atoms with van der Waals surface area (Å²) in [6, 6.07) is 0. The van der Waals surface area contributed by atoms with Crippen LogP contribution in [0.4, 0.5) is 0 Å². The van der Waals surface area contributed by atoms with Gasteiger partial charge in [0.1, 0.15) is 6.33 Å². The van der Waals surface area contributed by atoms with Gasteiger partial charge in [0.15, 0.2) is 0 Å². The SMILES string of the molecule is O=c1[nH]c(-n2cnnn2)no1. The van der Waals surface area contributed by atoms with E-state index < -0.39 is 5.76 Å². The van der Waals surface area contributed by atoms with Crippen molar-refractivity contribution in [1.29, 1.82) is 0 Å². The molecule has 2 rings (SSSR count). The minimum atomic E-state index is -0.643. The summed E-state index contributed by atoms with van der Waals surface area (Å²) in [7, 11) is 0. The van der Waals surface area contributed by atoms with Gasteiger partial charge in [-0.3, -0.25) is 9.51 Å². The Morgan fingerprint density at radius 3 is 3.09 bits per heavy atom. The Hall–Kier alpha value is -1.99. The Balaban J connectivity index is 2.53. The number of nitrogens with zero attached hydrogens (tertiary/aromatic N) is 5. The Morgan fingerprint density at radius 1 is 1.64 bits per heavy atom. The fraction of sp³-hybridized carbons (Fsp3) is 0. The lowest BCUT2D eigenvalue weighted by Gasteiger charge is -1.83. The molecule has 0 saturated carbocycles. The van der Waals surface area contributed by atoms with Gasteiger partial charge in [0.25, 0.3) is 5.95 Å². The lowest BCUT2D eigenvalue weighted by molar-refractivity contribution is 0.383. The van der Waals surface area contributed by atoms with Crippen molar-refractivity contribution in [2.24, 2.45) is 0 Å². The van der Waals surface area contributed by atoms with Crippen LogP contribution in [-0.4, -0.2) is 30.3 Å². The number of aromatic nitrogens is 6. The molecule has 2 heterocycles. The molecular formula is C3H2N6O2. The second kappa shape index (κ2) is 2.01. The lowest BCUT2D eigenvalue weighted by Crippen LogP contribution is -2.01. The first-order chi connectivity index (χ1) is 5.36. The van der Waals surface area contributed by atoms with Crippen LogP contribution in [0.3, 0.4) is 0 Å². The topological polar surface area (TPSA) is 102 Å². The molecule has 8 heteroatoms. The van der Waals surface area contributed by atoms with E-state index in [1.54, 1.807) is 0 Å². The summed E-state index contributed by atoms with van der Waals surface area (Å²) in [6.45, 7) is 0. The summed E-state index contributed by atoms with van der Waals surface area (Å²) in [5.41, 5.74) is 0. The molecule has 56 valence electrons. The highest BCUT2D eigenvalue weighted by molar-refractivity contribution is 4.98. The van der Waals surface area contributed by atoms with Crippen LogP contribution in [0, 0.1) is 0 Å². The molecule has 0 fully saturated rings. The molecule has 0 radical (unpaired) electrons. The van der Waals surface area contributed by atoms with Crippen LogP contribution in [0.15, 0.2) is 15.6 Å². The van der Waals surface area contributed by atoms with Crippen molar-refractivity contribution in [3.05, 3.63) is 16.9 Å². The quantitative estimate of drug-likeness (QED) is 0.527. The first-order valence-corrected chi connectivity index (χ1v) is 2.65. The smallest absolute Gasteiger partial charge is 0.294 e. The summed E-state index contributed by atoms with van der Waals surface area (Å²) in [5.74, 6) is -0.490. The number of hydrogen-bond acceptors (Lipinski definition) is 6. The van der Waals surface area contributed by atoms with E-state index in [2.05, 4.69) is 30.2 Å². The maximum absolute atomic E-state index is 10.4. The fourth-order valence-corrected chi connectivity index (χ4v) is 0.579. The Labute approximate surface area is 58.8 Å². The number of H-pyrrole nitrogens is 1. The molecule has 1 N–H and O–H groups in total. The Bertz CT molecular complexity index is 384. The van der Waals surface area contributed by atoms with Gasteiger partial charge in [-0.2, -0.15) is 4.68 Å². The van der Waals surface area contributed by atoms with Crippen LogP contribution in [0.1, 0.15) is 0 Å². The average molecular weight is 154 g/mol. The largest absolute Gasteiger partial charge is 0.440 e. The molecule has 0 unspecified atom stereocenters. The number of aromatic amines is 1. The molecule has 0 aliphatic rings. The van der Waals surface area contributed by atoms with Crippen LogP contribution in [0.2, 0.25) is 0 Å². The van der Waals surface area contributed by atoms with Crippen molar-refractivity contribution in [2.45, 2.75) is 0 Å². The van der Waals surface area contributed by atoms with Crippen molar-refractivity contribution < 1.29 is 4.52 Å². The summed E-state index contributed by atoms with van der Waals surface area (Å²) in [6.07, 6.45) is 1.29. The van der Waals surface area contributed by atoms with E-state index in [4.69, 9.17) is 0 Å². The maximum atomic E-state index is 10.4. The van der Waals surface area contributed by atoms with Crippen LogP contribution < -0.4 is 5.76 Å². The van der Waals surface area contributed by atoms with Gasteiger partial charge < -0.3 is 0 Å². The normalized spacial score (nSPS) is 10.2. The number of tetrazole rings is 1. The van der Waals surface area contributed by atoms with E-state index in [1.807, 2.05) is 0 Å². The van der Waals surface area contributed by atoms with Crippen molar-refractivity contribution in [3.8, 4) is 5.95 Å². The zero-order valence-corrected chi connectivity index (χ0v) is 5.13. The molecule has 0 saturated heterocycles. The Kier molecular flexibility index (Phi) is 1.05. The van der Waals surface area contributed by atoms with E-state index in [9.17, 15) is 4.79 Å². The standard InChI is InChI=1S/C3H2N6O2/c10-3-5-2(6-11-3)9-1-4-7-8-9/h1H,(H,5,6,10). The van der Waals surface area contributed by atoms with Gasteiger partial charge in [-0.1, -0.05) is 0 Å². The van der Waals surface area contributed by atoms with Crippen LogP contribution >= 0.6 is 0 Å². The zero-order chi connectivity index (χ0) is 7.68. The number of rotatable bonds is 1. The molecule has 8 nitrogen and oxygen atoms in total. The molecule has 0 aliphatic heterocycles. The highest BCUT2D eigenvalue weighted by Crippen LogP contribution is 1.88. The molecule has 0 aliphatic carbocycles. The Morgan fingerprint density at radius 2 is 2.55 bits per heavy atom. The average Bonchev–Trinajstić information content (AvgIpc) is 2.55. The maximum Gasteiger partial charge on any atom is 0.440 e. The highest BCUT2D eigenvalue weighted by atomic mass is 16.5. The van der Waals surface area contributed by atoms with E-state index in [-0.39, 0.29) is 5.95 Å². The van der Waals surface area contributed by atoms with Gasteiger partial charge in [-0.05, 0) is 15.6 Å². The first kappa shape index (κ1) is 5.77. The molecule has 0 amide bonds. The van der Waals surface area contributed by atoms with Crippen molar-refractivity contribution in [1.82, 2.24) is 30.3 Å². The summed E-state index contributed by atoms with van der Waals surface area (Å²) >= 11 is 0. The van der Waals surface area contributed by atoms with Crippen molar-refractivity contribution in [2.75, 3.05) is 0 Å². The number of hydrogen-bond donors (Lipinski definition) is 1. The second-order valence-electron chi connectivity index (χ2n) is 1.67. The summed E-state index contributed by atoms with van der Waals surface area (Å²) in [5, 5.41) is 13.5. The minimum Gasteiger partial charge on any atom is -0.294 e. The third-order valence-electron chi connectivity index (χ3n) is 0.995. The molecule has 0 bridgehead atoms. The van der Waals surface area contributed by atoms with Crippen molar-refractivity contribution >= 4 is 0 Å². The van der Waals surface area contributed by atoms with E-state index in [0.717, 1.165) is 0 Å². The van der Waals surface area contributed by atoms with Crippen LogP contribution in [0.25, 0.3) is 5.95 Å². The van der Waals surface area contributed by atoms with Gasteiger partial charge >= 0.3 is 5.76 Å². The van der Waals surface area contributed by atoms with Gasteiger partial charge in [-0.25, -0.2) is 4.79 Å². The molecule has 0 aromatic carbocycles. The van der Waals surface area contributed by atoms with Gasteiger partial charge in [-0.15, -0.1) is 5.10 Å². The number of nitrogens with one attached hydrogen (secondary N) is 1. The molecule has 11 heavy (non-hydrogen) atoms. The third kappa shape index (κ3) is 0.892. The van der Waals surface area contributed by atoms with Gasteiger partial charge in [0.05, 0.1) is 0 Å². The fourth-order valence-electron chi connectivity index (χ4n) is 0.579. The molecule has 0 spiro atoms. The van der Waals surface area contributed by atoms with Gasteiger partial charge in [0.2, 0.25) is 0 Å². The predicted octanol–water partition coefficient (Wildman–Crippen LogP) is -1.66. The van der Waals surface area contributed by atoms with E-state index >= 15 is 0 Å². The van der Waals surface area contributed by atoms with E-state index in [0.29, 0.717) is 0 Å². The molecular weight excluding hydrogens is 152 g/mol. The van der Waals surface area contributed by atoms with E-state index in [1.165, 1.54) is 11.0 Å². The predicted molar refractivity (Wildman–Crippen MR) is 29.8 cm³/mol. The monoisotopic (exact) mass is 154 g/mol. The lowest BCUT2D eigenvalue weighted by atomic mass is 11.0. The minimum absolute atomic E-state index is 0.153. The summed E-state index contributed by atoms with van der Waals surface area (Å²) in [4.78, 5) is 12.7.